The van der Waals surface area contributed by atoms with Gasteiger partial charge in [0.15, 0.2) is 0 Å². The summed E-state index contributed by atoms with van der Waals surface area (Å²) in [7, 11) is 0. The Hall–Kier alpha value is -3.68. The summed E-state index contributed by atoms with van der Waals surface area (Å²) < 4.78 is 1.65. The lowest BCUT2D eigenvalue weighted by Gasteiger charge is -2.07. The third kappa shape index (κ3) is 4.21. The maximum absolute atomic E-state index is 12.4. The second kappa shape index (κ2) is 8.82. The maximum atomic E-state index is 12.4. The highest BCUT2D eigenvalue weighted by Crippen LogP contribution is 2.19. The van der Waals surface area contributed by atoms with Crippen LogP contribution in [0.5, 0.6) is 0 Å². The minimum atomic E-state index is -0.170. The first kappa shape index (κ1) is 21.5. The van der Waals surface area contributed by atoms with Gasteiger partial charge in [0.1, 0.15) is 0 Å². The van der Waals surface area contributed by atoms with Crippen LogP contribution in [-0.4, -0.2) is 37.2 Å². The monoisotopic (exact) mass is 432 g/mol. The standard InChI is InChI=1S/C24H28N6O2/c1-14-15(2)27-24(28-23(14)32)30-17(4)19(16(3)29-30)9-10-22(31)25-12-11-18-13-26-21-8-6-5-7-20(18)21/h5-8,13,26H,9-12H2,1-4H3,(H,25,31)(H,27,28,32). The second-order valence-corrected chi connectivity index (χ2v) is 8.12. The highest BCUT2D eigenvalue weighted by molar-refractivity contribution is 5.83. The van der Waals surface area contributed by atoms with Gasteiger partial charge in [0, 0.05) is 47.0 Å². The zero-order valence-electron chi connectivity index (χ0n) is 18.9. The molecule has 0 spiro atoms. The van der Waals surface area contributed by atoms with Crippen LogP contribution in [0.3, 0.4) is 0 Å². The van der Waals surface area contributed by atoms with E-state index in [2.05, 4.69) is 31.4 Å². The van der Waals surface area contributed by atoms with Crippen LogP contribution >= 0.6 is 0 Å². The minimum absolute atomic E-state index is 0.00843. The van der Waals surface area contributed by atoms with Gasteiger partial charge in [-0.25, -0.2) is 9.67 Å². The fourth-order valence-electron chi connectivity index (χ4n) is 3.98. The molecular weight excluding hydrogens is 404 g/mol. The van der Waals surface area contributed by atoms with Crippen LogP contribution in [0.15, 0.2) is 35.3 Å². The number of benzene rings is 1. The summed E-state index contributed by atoms with van der Waals surface area (Å²) in [5, 5.41) is 8.75. The molecule has 0 aliphatic carbocycles. The number of carbonyl (C=O) groups excluding carboxylic acids is 1. The van der Waals surface area contributed by atoms with Gasteiger partial charge in [0.2, 0.25) is 11.9 Å². The molecule has 3 aromatic heterocycles. The van der Waals surface area contributed by atoms with Gasteiger partial charge in [-0.1, -0.05) is 18.2 Å². The maximum Gasteiger partial charge on any atom is 0.255 e. The van der Waals surface area contributed by atoms with E-state index >= 15 is 0 Å². The molecule has 0 radical (unpaired) electrons. The predicted molar refractivity (Wildman–Crippen MR) is 124 cm³/mol. The first-order valence-electron chi connectivity index (χ1n) is 10.8. The molecule has 8 nitrogen and oxygen atoms in total. The number of amides is 1. The predicted octanol–water partition coefficient (Wildman–Crippen LogP) is 2.96. The number of aromatic nitrogens is 5. The number of hydrogen-bond donors (Lipinski definition) is 3. The summed E-state index contributed by atoms with van der Waals surface area (Å²) in [5.74, 6) is 0.405. The number of nitrogens with one attached hydrogen (secondary N) is 3. The summed E-state index contributed by atoms with van der Waals surface area (Å²) >= 11 is 0. The number of aryl methyl sites for hydroxylation is 2. The van der Waals surface area contributed by atoms with Gasteiger partial charge >= 0.3 is 0 Å². The van der Waals surface area contributed by atoms with E-state index in [0.29, 0.717) is 36.6 Å². The first-order valence-corrected chi connectivity index (χ1v) is 10.8. The minimum Gasteiger partial charge on any atom is -0.361 e. The van der Waals surface area contributed by atoms with Crippen molar-refractivity contribution in [3.63, 3.8) is 0 Å². The molecule has 0 saturated carbocycles. The van der Waals surface area contributed by atoms with Crippen molar-refractivity contribution in [2.45, 2.75) is 47.0 Å². The Labute approximate surface area is 186 Å². The molecule has 1 amide bonds. The van der Waals surface area contributed by atoms with E-state index in [-0.39, 0.29) is 11.5 Å². The van der Waals surface area contributed by atoms with Gasteiger partial charge in [-0.3, -0.25) is 14.6 Å². The Morgan fingerprint density at radius 1 is 1.09 bits per heavy atom. The Morgan fingerprint density at radius 2 is 1.88 bits per heavy atom. The molecule has 3 N–H and O–H groups in total. The topological polar surface area (TPSA) is 108 Å². The normalized spacial score (nSPS) is 11.2. The fourth-order valence-corrected chi connectivity index (χ4v) is 3.98. The van der Waals surface area contributed by atoms with E-state index in [0.717, 1.165) is 28.9 Å². The quantitative estimate of drug-likeness (QED) is 0.417. The van der Waals surface area contributed by atoms with E-state index in [4.69, 9.17) is 0 Å². The lowest BCUT2D eigenvalue weighted by molar-refractivity contribution is -0.121. The molecule has 0 atom stereocenters. The summed E-state index contributed by atoms with van der Waals surface area (Å²) in [6, 6.07) is 8.16. The molecule has 4 rings (SSSR count). The summed E-state index contributed by atoms with van der Waals surface area (Å²) in [5.41, 5.74) is 6.11. The van der Waals surface area contributed by atoms with Gasteiger partial charge in [0.25, 0.3) is 5.56 Å². The SMILES string of the molecule is Cc1nn(-c2nc(C)c(C)c(=O)[nH]2)c(C)c1CCC(=O)NCCc1c[nH]c2ccccc12. The average Bonchev–Trinajstić information content (AvgIpc) is 3.31. The Kier molecular flexibility index (Phi) is 5.94. The van der Waals surface area contributed by atoms with E-state index < -0.39 is 0 Å². The third-order valence-electron chi connectivity index (χ3n) is 6.02. The van der Waals surface area contributed by atoms with E-state index in [9.17, 15) is 9.59 Å². The molecule has 1 aromatic carbocycles. The summed E-state index contributed by atoms with van der Waals surface area (Å²) in [6.07, 6.45) is 3.73. The van der Waals surface area contributed by atoms with Crippen molar-refractivity contribution in [3.8, 4) is 5.95 Å². The molecular formula is C24H28N6O2. The Balaban J connectivity index is 1.37. The van der Waals surface area contributed by atoms with Crippen molar-refractivity contribution >= 4 is 16.8 Å². The number of nitrogens with zero attached hydrogens (tertiary/aromatic N) is 3. The molecule has 8 heteroatoms. The fraction of sp³-hybridized carbons (Fsp3) is 0.333. The number of fused-ring (bicyclic) bond motifs is 1. The van der Waals surface area contributed by atoms with Crippen LogP contribution in [0, 0.1) is 27.7 Å². The molecule has 0 fully saturated rings. The van der Waals surface area contributed by atoms with Crippen LogP contribution in [0.4, 0.5) is 0 Å². The van der Waals surface area contributed by atoms with E-state index in [1.165, 1.54) is 10.9 Å². The number of para-hydroxylation sites is 1. The molecule has 0 aliphatic heterocycles. The van der Waals surface area contributed by atoms with Gasteiger partial charge in [-0.05, 0) is 57.7 Å². The molecule has 32 heavy (non-hydrogen) atoms. The molecule has 4 aromatic rings. The lowest BCUT2D eigenvalue weighted by atomic mass is 10.1. The second-order valence-electron chi connectivity index (χ2n) is 8.12. The number of carbonyl (C=O) groups is 1. The van der Waals surface area contributed by atoms with Crippen molar-refractivity contribution in [1.82, 2.24) is 30.0 Å². The molecule has 0 aliphatic rings. The van der Waals surface area contributed by atoms with Crippen LogP contribution in [-0.2, 0) is 17.6 Å². The van der Waals surface area contributed by atoms with E-state index in [1.807, 2.05) is 38.2 Å². The van der Waals surface area contributed by atoms with Crippen LogP contribution in [0.2, 0.25) is 0 Å². The molecule has 166 valence electrons. The van der Waals surface area contributed by atoms with Crippen LogP contribution in [0.25, 0.3) is 16.9 Å². The lowest BCUT2D eigenvalue weighted by Crippen LogP contribution is -2.26. The number of hydrogen-bond acceptors (Lipinski definition) is 4. The van der Waals surface area contributed by atoms with E-state index in [1.54, 1.807) is 18.5 Å². The Bertz CT molecular complexity index is 1340. The van der Waals surface area contributed by atoms with Crippen LogP contribution < -0.4 is 10.9 Å². The molecule has 3 heterocycles. The van der Waals surface area contributed by atoms with Gasteiger partial charge in [-0.2, -0.15) is 5.10 Å². The number of aromatic amines is 2. The summed E-state index contributed by atoms with van der Waals surface area (Å²) in [4.78, 5) is 35.1. The van der Waals surface area contributed by atoms with Crippen molar-refractivity contribution < 1.29 is 4.79 Å². The molecule has 0 saturated heterocycles. The first-order chi connectivity index (χ1) is 15.3. The van der Waals surface area contributed by atoms with Crippen molar-refractivity contribution in [1.29, 1.82) is 0 Å². The van der Waals surface area contributed by atoms with Crippen molar-refractivity contribution in [2.75, 3.05) is 6.54 Å². The highest BCUT2D eigenvalue weighted by atomic mass is 16.1. The number of rotatable bonds is 7. The highest BCUT2D eigenvalue weighted by Gasteiger charge is 2.16. The van der Waals surface area contributed by atoms with Crippen molar-refractivity contribution in [3.05, 3.63) is 74.6 Å². The smallest absolute Gasteiger partial charge is 0.255 e. The largest absolute Gasteiger partial charge is 0.361 e. The van der Waals surface area contributed by atoms with Gasteiger partial charge in [0.05, 0.1) is 5.69 Å². The third-order valence-corrected chi connectivity index (χ3v) is 6.02. The zero-order chi connectivity index (χ0) is 22.8. The molecule has 0 bridgehead atoms. The Morgan fingerprint density at radius 3 is 2.66 bits per heavy atom. The van der Waals surface area contributed by atoms with Gasteiger partial charge in [-0.15, -0.1) is 0 Å². The zero-order valence-corrected chi connectivity index (χ0v) is 18.9. The number of H-pyrrole nitrogens is 2. The van der Waals surface area contributed by atoms with Crippen LogP contribution in [0.1, 0.15) is 40.2 Å². The molecule has 0 unspecified atom stereocenters. The summed E-state index contributed by atoms with van der Waals surface area (Å²) in [6.45, 7) is 7.98. The average molecular weight is 433 g/mol. The van der Waals surface area contributed by atoms with Gasteiger partial charge < -0.3 is 10.3 Å². The van der Waals surface area contributed by atoms with Crippen molar-refractivity contribution in [2.24, 2.45) is 0 Å².